The second-order valence-corrected chi connectivity index (χ2v) is 8.33. The second kappa shape index (κ2) is 12.8. The molecule has 0 atom stereocenters. The lowest BCUT2D eigenvalue weighted by molar-refractivity contribution is -0.0685. The van der Waals surface area contributed by atoms with Crippen molar-refractivity contribution in [1.29, 1.82) is 0 Å². The molecule has 2 nitrogen and oxygen atoms in total. The van der Waals surface area contributed by atoms with Gasteiger partial charge in [0.25, 0.3) is 0 Å². The molecule has 0 saturated heterocycles. The fourth-order valence-corrected chi connectivity index (χ4v) is 4.18. The molecule has 0 spiro atoms. The third-order valence-corrected chi connectivity index (χ3v) is 5.62. The number of rotatable bonds is 11. The predicted molar refractivity (Wildman–Crippen MR) is 135 cm³/mol. The Hall–Kier alpha value is -2.47. The maximum absolute atomic E-state index is 14.4. The summed E-state index contributed by atoms with van der Waals surface area (Å²) < 4.78 is 48.9. The summed E-state index contributed by atoms with van der Waals surface area (Å²) in [7, 11) is 0. The third kappa shape index (κ3) is 7.26. The van der Waals surface area contributed by atoms with E-state index in [9.17, 15) is 13.2 Å². The van der Waals surface area contributed by atoms with Gasteiger partial charge in [-0.3, -0.25) is 4.90 Å². The number of hydrogen-bond acceptors (Lipinski definition) is 2. The SMILES string of the molecule is FC(F)(F)C(=C(c1ccccc1)c1ccc(OCCN(CCCl)CCCl)cc1)c1ccccc1. The Bertz CT molecular complexity index is 1030. The van der Waals surface area contributed by atoms with Gasteiger partial charge >= 0.3 is 6.18 Å². The van der Waals surface area contributed by atoms with E-state index in [0.29, 0.717) is 54.9 Å². The van der Waals surface area contributed by atoms with Gasteiger partial charge < -0.3 is 4.74 Å². The minimum absolute atomic E-state index is 0.118. The van der Waals surface area contributed by atoms with E-state index in [4.69, 9.17) is 27.9 Å². The van der Waals surface area contributed by atoms with Crippen molar-refractivity contribution in [1.82, 2.24) is 4.90 Å². The van der Waals surface area contributed by atoms with Crippen molar-refractivity contribution < 1.29 is 17.9 Å². The number of ether oxygens (including phenoxy) is 1. The van der Waals surface area contributed by atoms with E-state index in [2.05, 4.69) is 4.90 Å². The van der Waals surface area contributed by atoms with Gasteiger partial charge in [-0.1, -0.05) is 72.8 Å². The highest BCUT2D eigenvalue weighted by Crippen LogP contribution is 2.42. The Morgan fingerprint density at radius 1 is 0.676 bits per heavy atom. The van der Waals surface area contributed by atoms with Crippen LogP contribution in [0.25, 0.3) is 11.1 Å². The van der Waals surface area contributed by atoms with Gasteiger partial charge in [0, 0.05) is 37.0 Å². The first-order valence-electron chi connectivity index (χ1n) is 10.9. The maximum atomic E-state index is 14.4. The van der Waals surface area contributed by atoms with Gasteiger partial charge in [-0.05, 0) is 28.8 Å². The van der Waals surface area contributed by atoms with E-state index in [1.807, 2.05) is 0 Å². The third-order valence-electron chi connectivity index (χ3n) is 5.28. The van der Waals surface area contributed by atoms with E-state index >= 15 is 0 Å². The van der Waals surface area contributed by atoms with Crippen LogP contribution in [0.3, 0.4) is 0 Å². The van der Waals surface area contributed by atoms with Crippen LogP contribution in [0.4, 0.5) is 13.2 Å². The minimum Gasteiger partial charge on any atom is -0.492 e. The van der Waals surface area contributed by atoms with Crippen LogP contribution < -0.4 is 4.74 Å². The lowest BCUT2D eigenvalue weighted by Crippen LogP contribution is -2.32. The van der Waals surface area contributed by atoms with Crippen LogP contribution in [0, 0.1) is 0 Å². The van der Waals surface area contributed by atoms with Gasteiger partial charge in [-0.25, -0.2) is 0 Å². The Morgan fingerprint density at radius 2 is 1.18 bits per heavy atom. The van der Waals surface area contributed by atoms with Crippen molar-refractivity contribution in [3.8, 4) is 5.75 Å². The lowest BCUT2D eigenvalue weighted by atomic mass is 9.89. The van der Waals surface area contributed by atoms with Crippen LogP contribution in [-0.2, 0) is 0 Å². The van der Waals surface area contributed by atoms with Crippen molar-refractivity contribution in [2.24, 2.45) is 0 Å². The number of allylic oxidation sites excluding steroid dienone is 1. The van der Waals surface area contributed by atoms with Crippen LogP contribution in [0.5, 0.6) is 5.75 Å². The van der Waals surface area contributed by atoms with Crippen LogP contribution in [-0.4, -0.2) is 49.1 Å². The average molecular weight is 508 g/mol. The number of hydrogen-bond donors (Lipinski definition) is 0. The molecule has 0 aliphatic rings. The molecule has 3 aromatic rings. The van der Waals surface area contributed by atoms with Gasteiger partial charge in [0.1, 0.15) is 12.4 Å². The molecule has 0 aliphatic heterocycles. The zero-order chi connectivity index (χ0) is 24.4. The van der Waals surface area contributed by atoms with Crippen molar-refractivity contribution in [3.05, 3.63) is 102 Å². The Balaban J connectivity index is 1.93. The van der Waals surface area contributed by atoms with Crippen molar-refractivity contribution in [2.45, 2.75) is 6.18 Å². The molecule has 3 rings (SSSR count). The summed E-state index contributed by atoms with van der Waals surface area (Å²) in [5.41, 5.74) is 0.519. The molecule has 0 heterocycles. The number of nitrogens with zero attached hydrogens (tertiary/aromatic N) is 1. The quantitative estimate of drug-likeness (QED) is 0.198. The summed E-state index contributed by atoms with van der Waals surface area (Å²) in [6.07, 6.45) is -4.55. The van der Waals surface area contributed by atoms with E-state index in [0.717, 1.165) is 0 Å². The van der Waals surface area contributed by atoms with Crippen LogP contribution in [0.2, 0.25) is 0 Å². The van der Waals surface area contributed by atoms with E-state index in [-0.39, 0.29) is 11.1 Å². The molecule has 3 aromatic carbocycles. The van der Waals surface area contributed by atoms with Crippen molar-refractivity contribution in [2.75, 3.05) is 38.0 Å². The Kier molecular flexibility index (Phi) is 9.87. The van der Waals surface area contributed by atoms with Gasteiger partial charge in [0.15, 0.2) is 0 Å². The second-order valence-electron chi connectivity index (χ2n) is 7.57. The molecule has 0 fully saturated rings. The zero-order valence-corrected chi connectivity index (χ0v) is 20.1. The largest absolute Gasteiger partial charge is 0.492 e. The summed E-state index contributed by atoms with van der Waals surface area (Å²) in [5.74, 6) is 1.59. The van der Waals surface area contributed by atoms with Crippen molar-refractivity contribution in [3.63, 3.8) is 0 Å². The Morgan fingerprint density at radius 3 is 1.68 bits per heavy atom. The normalized spacial score (nSPS) is 12.5. The highest BCUT2D eigenvalue weighted by atomic mass is 35.5. The fraction of sp³-hybridized carbons (Fsp3) is 0.259. The van der Waals surface area contributed by atoms with E-state index in [1.165, 1.54) is 12.1 Å². The number of benzene rings is 3. The standard InChI is InChI=1S/C27H26Cl2F3NO/c28-15-17-33(18-16-29)19-20-34-24-13-11-22(12-14-24)25(21-7-3-1-4-8-21)26(27(30,31)32)23-9-5-2-6-10-23/h1-14H,15-20H2. The van der Waals surface area contributed by atoms with Crippen molar-refractivity contribution >= 4 is 34.3 Å². The molecule has 0 aromatic heterocycles. The molecule has 0 radical (unpaired) electrons. The zero-order valence-electron chi connectivity index (χ0n) is 18.6. The van der Waals surface area contributed by atoms with Crippen LogP contribution >= 0.6 is 23.2 Å². The molecule has 0 bridgehead atoms. The smallest absolute Gasteiger partial charge is 0.417 e. The molecule has 0 unspecified atom stereocenters. The molecule has 7 heteroatoms. The highest BCUT2D eigenvalue weighted by molar-refractivity contribution is 6.18. The molecule has 180 valence electrons. The average Bonchev–Trinajstić information content (AvgIpc) is 2.83. The molecule has 0 aliphatic carbocycles. The molecular formula is C27H26Cl2F3NO. The summed E-state index contributed by atoms with van der Waals surface area (Å²) >= 11 is 11.6. The Labute approximate surface area is 208 Å². The molecular weight excluding hydrogens is 482 g/mol. The van der Waals surface area contributed by atoms with Crippen LogP contribution in [0.15, 0.2) is 84.9 Å². The predicted octanol–water partition coefficient (Wildman–Crippen LogP) is 7.37. The fourth-order valence-electron chi connectivity index (χ4n) is 3.70. The van der Waals surface area contributed by atoms with E-state index < -0.39 is 11.7 Å². The first-order valence-corrected chi connectivity index (χ1v) is 12.0. The first kappa shape index (κ1) is 26.1. The summed E-state index contributed by atoms with van der Waals surface area (Å²) in [4.78, 5) is 2.10. The monoisotopic (exact) mass is 507 g/mol. The number of halogens is 5. The topological polar surface area (TPSA) is 12.5 Å². The molecule has 0 amide bonds. The van der Waals surface area contributed by atoms with Gasteiger partial charge in [-0.15, -0.1) is 23.2 Å². The molecule has 34 heavy (non-hydrogen) atoms. The molecule has 0 N–H and O–H groups in total. The maximum Gasteiger partial charge on any atom is 0.417 e. The number of alkyl halides is 5. The van der Waals surface area contributed by atoms with Gasteiger partial charge in [0.2, 0.25) is 0 Å². The summed E-state index contributed by atoms with van der Waals surface area (Å²) in [6.45, 7) is 2.50. The summed E-state index contributed by atoms with van der Waals surface area (Å²) in [6, 6.07) is 23.3. The molecule has 0 saturated carbocycles. The highest BCUT2D eigenvalue weighted by Gasteiger charge is 2.38. The van der Waals surface area contributed by atoms with Gasteiger partial charge in [0.05, 0.1) is 5.57 Å². The minimum atomic E-state index is -4.55. The lowest BCUT2D eigenvalue weighted by Gasteiger charge is -2.21. The first-order chi connectivity index (χ1) is 16.4. The van der Waals surface area contributed by atoms with Crippen LogP contribution in [0.1, 0.15) is 16.7 Å². The van der Waals surface area contributed by atoms with E-state index in [1.54, 1.807) is 72.8 Å². The van der Waals surface area contributed by atoms with Gasteiger partial charge in [-0.2, -0.15) is 13.2 Å². The summed E-state index contributed by atoms with van der Waals surface area (Å²) in [5, 5.41) is 0.